The third kappa shape index (κ3) is 4.43. The van der Waals surface area contributed by atoms with Crippen molar-refractivity contribution in [2.75, 3.05) is 0 Å². The fourth-order valence-corrected chi connectivity index (χ4v) is 3.02. The van der Waals surface area contributed by atoms with Crippen molar-refractivity contribution in [1.29, 1.82) is 0 Å². The van der Waals surface area contributed by atoms with Crippen LogP contribution in [0.15, 0.2) is 17.5 Å². The molecule has 0 bridgehead atoms. The number of hydrogen-bond donors (Lipinski definition) is 2. The van der Waals surface area contributed by atoms with Gasteiger partial charge in [-0.25, -0.2) is 0 Å². The van der Waals surface area contributed by atoms with Crippen LogP contribution < -0.4 is 5.32 Å². The molecule has 2 heterocycles. The lowest BCUT2D eigenvalue weighted by molar-refractivity contribution is -0.122. The SMILES string of the molecule is CC(=O)CC1CC[C@H](NC(=O)Cc2cccs2)B(O)O1. The quantitative estimate of drug-likeness (QED) is 0.793. The van der Waals surface area contributed by atoms with Gasteiger partial charge in [0.2, 0.25) is 5.91 Å². The average Bonchev–Trinajstić information content (AvgIpc) is 2.84. The van der Waals surface area contributed by atoms with Gasteiger partial charge in [0.25, 0.3) is 0 Å². The Kier molecular flexibility index (Phi) is 5.34. The number of nitrogens with one attached hydrogen (secondary N) is 1. The molecule has 2 atom stereocenters. The monoisotopic (exact) mass is 295 g/mol. The zero-order chi connectivity index (χ0) is 14.5. The smallest absolute Gasteiger partial charge is 0.426 e. The molecule has 1 aromatic rings. The Morgan fingerprint density at radius 2 is 2.35 bits per heavy atom. The lowest BCUT2D eigenvalue weighted by atomic mass is 9.72. The molecule has 1 fully saturated rings. The number of hydrogen-bond acceptors (Lipinski definition) is 5. The van der Waals surface area contributed by atoms with E-state index in [1.54, 1.807) is 0 Å². The van der Waals surface area contributed by atoms with Crippen molar-refractivity contribution in [2.24, 2.45) is 0 Å². The van der Waals surface area contributed by atoms with Crippen molar-refractivity contribution in [3.63, 3.8) is 0 Å². The molecule has 1 amide bonds. The van der Waals surface area contributed by atoms with Gasteiger partial charge in [0.1, 0.15) is 5.78 Å². The minimum absolute atomic E-state index is 0.0439. The van der Waals surface area contributed by atoms with Gasteiger partial charge in [0.05, 0.1) is 12.4 Å². The Balaban J connectivity index is 1.79. The van der Waals surface area contributed by atoms with Crippen molar-refractivity contribution in [1.82, 2.24) is 5.32 Å². The molecule has 108 valence electrons. The predicted octanol–water partition coefficient (Wildman–Crippen LogP) is 0.953. The predicted molar refractivity (Wildman–Crippen MR) is 77.3 cm³/mol. The van der Waals surface area contributed by atoms with Crippen LogP contribution in [0.1, 0.15) is 31.1 Å². The van der Waals surface area contributed by atoms with Crippen molar-refractivity contribution in [2.45, 2.75) is 44.7 Å². The zero-order valence-corrected chi connectivity index (χ0v) is 12.2. The Hall–Kier alpha value is -1.18. The summed E-state index contributed by atoms with van der Waals surface area (Å²) in [6.45, 7) is 1.50. The normalized spacial score (nSPS) is 22.6. The molecule has 7 heteroatoms. The van der Waals surface area contributed by atoms with E-state index in [4.69, 9.17) is 4.65 Å². The number of rotatable bonds is 5. The van der Waals surface area contributed by atoms with Gasteiger partial charge < -0.3 is 15.0 Å². The van der Waals surface area contributed by atoms with Crippen LogP contribution in [0, 0.1) is 0 Å². The van der Waals surface area contributed by atoms with E-state index in [0.29, 0.717) is 25.7 Å². The van der Waals surface area contributed by atoms with Gasteiger partial charge in [0, 0.05) is 17.4 Å². The van der Waals surface area contributed by atoms with Crippen LogP contribution in [-0.4, -0.2) is 35.9 Å². The fraction of sp³-hybridized carbons (Fsp3) is 0.538. The number of carbonyl (C=O) groups is 2. The summed E-state index contributed by atoms with van der Waals surface area (Å²) in [6.07, 6.45) is 1.67. The largest absolute Gasteiger partial charge is 0.478 e. The zero-order valence-electron chi connectivity index (χ0n) is 11.4. The van der Waals surface area contributed by atoms with Gasteiger partial charge in [-0.3, -0.25) is 9.59 Å². The lowest BCUT2D eigenvalue weighted by Crippen LogP contribution is -2.53. The number of ketones is 1. The standard InChI is InChI=1S/C13H18BNO4S/c1-9(16)7-10-4-5-12(14(18)19-10)15-13(17)8-11-3-2-6-20-11/h2-3,6,10,12,18H,4-5,7-8H2,1H3,(H,15,17)/t10?,12-/m0/s1. The summed E-state index contributed by atoms with van der Waals surface area (Å²) in [7, 11) is -1.04. The molecule has 1 aliphatic heterocycles. The highest BCUT2D eigenvalue weighted by Crippen LogP contribution is 2.19. The molecule has 1 aromatic heterocycles. The molecule has 1 saturated heterocycles. The van der Waals surface area contributed by atoms with E-state index in [1.165, 1.54) is 18.3 Å². The Morgan fingerprint density at radius 3 is 2.95 bits per heavy atom. The van der Waals surface area contributed by atoms with Crippen molar-refractivity contribution < 1.29 is 19.3 Å². The summed E-state index contributed by atoms with van der Waals surface area (Å²) in [5, 5.41) is 14.6. The molecule has 1 aliphatic rings. The maximum atomic E-state index is 11.9. The molecule has 0 aromatic carbocycles. The molecule has 0 spiro atoms. The second-order valence-electron chi connectivity index (χ2n) is 5.06. The van der Waals surface area contributed by atoms with Crippen molar-refractivity contribution in [3.8, 4) is 0 Å². The molecular weight excluding hydrogens is 277 g/mol. The maximum Gasteiger partial charge on any atom is 0.478 e. The van der Waals surface area contributed by atoms with Crippen LogP contribution in [0.5, 0.6) is 0 Å². The van der Waals surface area contributed by atoms with E-state index >= 15 is 0 Å². The van der Waals surface area contributed by atoms with Crippen LogP contribution in [0.3, 0.4) is 0 Å². The van der Waals surface area contributed by atoms with Gasteiger partial charge >= 0.3 is 7.12 Å². The first-order valence-electron chi connectivity index (χ1n) is 6.69. The molecule has 0 saturated carbocycles. The van der Waals surface area contributed by atoms with Gasteiger partial charge in [-0.1, -0.05) is 6.07 Å². The Bertz CT molecular complexity index is 465. The van der Waals surface area contributed by atoms with E-state index in [1.807, 2.05) is 17.5 Å². The van der Waals surface area contributed by atoms with Crippen molar-refractivity contribution in [3.05, 3.63) is 22.4 Å². The third-order valence-corrected chi connectivity index (χ3v) is 4.13. The molecule has 1 unspecified atom stereocenters. The molecular formula is C13H18BNO4S. The highest BCUT2D eigenvalue weighted by atomic mass is 32.1. The number of Topliss-reactive ketones (excluding diaryl/α,β-unsaturated/α-hetero) is 1. The van der Waals surface area contributed by atoms with Gasteiger partial charge in [-0.15, -0.1) is 11.3 Å². The second-order valence-corrected chi connectivity index (χ2v) is 6.09. The average molecular weight is 295 g/mol. The summed E-state index contributed by atoms with van der Waals surface area (Å²) in [4.78, 5) is 23.9. The van der Waals surface area contributed by atoms with Crippen LogP contribution in [-0.2, 0) is 20.7 Å². The Labute approximate surface area is 122 Å². The maximum absolute atomic E-state index is 11.9. The van der Waals surface area contributed by atoms with Crippen LogP contribution in [0.2, 0.25) is 0 Å². The number of amides is 1. The van der Waals surface area contributed by atoms with Gasteiger partial charge in [-0.2, -0.15) is 0 Å². The molecule has 0 radical (unpaired) electrons. The number of thiophene rings is 1. The van der Waals surface area contributed by atoms with Gasteiger partial charge in [0.15, 0.2) is 0 Å². The molecule has 2 rings (SSSR count). The summed E-state index contributed by atoms with van der Waals surface area (Å²) >= 11 is 1.53. The molecule has 2 N–H and O–H groups in total. The summed E-state index contributed by atoms with van der Waals surface area (Å²) in [5.41, 5.74) is 0. The topological polar surface area (TPSA) is 75.6 Å². The lowest BCUT2D eigenvalue weighted by Gasteiger charge is -2.31. The Morgan fingerprint density at radius 1 is 1.55 bits per heavy atom. The van der Waals surface area contributed by atoms with Crippen LogP contribution >= 0.6 is 11.3 Å². The van der Waals surface area contributed by atoms with E-state index in [-0.39, 0.29) is 17.8 Å². The van der Waals surface area contributed by atoms with Gasteiger partial charge in [-0.05, 0) is 31.2 Å². The highest BCUT2D eigenvalue weighted by Gasteiger charge is 2.36. The first-order chi connectivity index (χ1) is 9.54. The number of carbonyl (C=O) groups excluding carboxylic acids is 2. The first kappa shape index (κ1) is 15.2. The minimum atomic E-state index is -1.04. The summed E-state index contributed by atoms with van der Waals surface area (Å²) < 4.78 is 5.37. The van der Waals surface area contributed by atoms with E-state index in [2.05, 4.69) is 5.32 Å². The summed E-state index contributed by atoms with van der Waals surface area (Å²) in [6, 6.07) is 3.80. The first-order valence-corrected chi connectivity index (χ1v) is 7.57. The van der Waals surface area contributed by atoms with Crippen LogP contribution in [0.4, 0.5) is 0 Å². The second kappa shape index (κ2) is 7.01. The van der Waals surface area contributed by atoms with Crippen molar-refractivity contribution >= 4 is 30.1 Å². The minimum Gasteiger partial charge on any atom is -0.426 e. The summed E-state index contributed by atoms with van der Waals surface area (Å²) in [5.74, 6) is -0.474. The van der Waals surface area contributed by atoms with Crippen LogP contribution in [0.25, 0.3) is 0 Å². The highest BCUT2D eigenvalue weighted by molar-refractivity contribution is 7.10. The molecule has 20 heavy (non-hydrogen) atoms. The molecule has 0 aliphatic carbocycles. The van der Waals surface area contributed by atoms with E-state index in [9.17, 15) is 14.6 Å². The van der Waals surface area contributed by atoms with E-state index in [0.717, 1.165) is 4.88 Å². The van der Waals surface area contributed by atoms with E-state index < -0.39 is 13.1 Å². The molecule has 5 nitrogen and oxygen atoms in total. The third-order valence-electron chi connectivity index (χ3n) is 3.25. The fourth-order valence-electron chi connectivity index (χ4n) is 2.31.